The molecule has 1 aliphatic rings. The number of nitrogens with zero attached hydrogens (tertiary/aromatic N) is 2. The van der Waals surface area contributed by atoms with E-state index in [1.807, 2.05) is 6.07 Å². The number of piperidine rings is 1. The fourth-order valence-electron chi connectivity index (χ4n) is 5.35. The van der Waals surface area contributed by atoms with Gasteiger partial charge in [-0.05, 0) is 31.9 Å². The predicted octanol–water partition coefficient (Wildman–Crippen LogP) is 5.25. The van der Waals surface area contributed by atoms with Crippen molar-refractivity contribution in [3.8, 4) is 11.8 Å². The zero-order chi connectivity index (χ0) is 29.7. The van der Waals surface area contributed by atoms with Gasteiger partial charge in [-0.15, -0.1) is 0 Å². The monoisotopic (exact) mass is 568 g/mol. The number of carbonyl (C=O) groups is 2. The van der Waals surface area contributed by atoms with Gasteiger partial charge in [0.05, 0.1) is 37.7 Å². The van der Waals surface area contributed by atoms with Crippen LogP contribution in [-0.4, -0.2) is 56.9 Å². The molecule has 3 rings (SSSR count). The molecule has 2 aromatic carbocycles. The maximum atomic E-state index is 15.1. The normalized spacial score (nSPS) is 17.3. The van der Waals surface area contributed by atoms with Gasteiger partial charge in [0.15, 0.2) is 11.6 Å². The Morgan fingerprint density at radius 2 is 1.70 bits per heavy atom. The summed E-state index contributed by atoms with van der Waals surface area (Å²) in [4.78, 5) is 27.1. The van der Waals surface area contributed by atoms with E-state index in [1.54, 1.807) is 6.92 Å². The van der Waals surface area contributed by atoms with Crippen LogP contribution < -0.4 is 4.74 Å². The van der Waals surface area contributed by atoms with Crippen molar-refractivity contribution < 1.29 is 45.8 Å². The fourth-order valence-corrected chi connectivity index (χ4v) is 5.35. The molecular weight excluding hydrogens is 539 g/mol. The molecule has 0 spiro atoms. The van der Waals surface area contributed by atoms with E-state index in [-0.39, 0.29) is 38.3 Å². The summed E-state index contributed by atoms with van der Waals surface area (Å²) in [6, 6.07) is 10.4. The number of rotatable bonds is 9. The smallest absolute Gasteiger partial charge is 0.430 e. The van der Waals surface area contributed by atoms with Crippen LogP contribution in [0.2, 0.25) is 0 Å². The van der Waals surface area contributed by atoms with Crippen molar-refractivity contribution in [3.05, 3.63) is 65.2 Å². The second-order valence-corrected chi connectivity index (χ2v) is 9.42. The van der Waals surface area contributed by atoms with Crippen molar-refractivity contribution in [2.45, 2.75) is 43.9 Å². The number of nitriles is 1. The Morgan fingerprint density at radius 3 is 2.20 bits per heavy atom. The van der Waals surface area contributed by atoms with Crippen molar-refractivity contribution in [1.29, 1.82) is 5.26 Å². The minimum absolute atomic E-state index is 0.00735. The van der Waals surface area contributed by atoms with Gasteiger partial charge in [0.1, 0.15) is 5.75 Å². The van der Waals surface area contributed by atoms with Gasteiger partial charge in [-0.3, -0.25) is 9.59 Å². The first-order valence-electron chi connectivity index (χ1n) is 12.5. The highest BCUT2D eigenvalue weighted by molar-refractivity contribution is 5.88. The molecule has 0 bridgehead atoms. The van der Waals surface area contributed by atoms with Crippen molar-refractivity contribution in [2.75, 3.05) is 33.9 Å². The first-order chi connectivity index (χ1) is 18.9. The topological polar surface area (TPSA) is 88.9 Å². The lowest BCUT2D eigenvalue weighted by molar-refractivity contribution is -0.271. The summed E-state index contributed by atoms with van der Waals surface area (Å²) in [6.07, 6.45) is -5.94. The molecule has 216 valence electrons. The standard InChI is InChI=1S/C28H29F5N2O5/c1-4-40-22(36)16-26(19(17-34)23-21(38-2)11-10-20(29)24(23)30)12-14-35(15-13-26)25(37)27(39-3,28(31,32)33)18-8-6-5-7-9-18/h5-11,19H,4,12-16H2,1-3H3/t19?,27-/m1/s1. The molecule has 12 heteroatoms. The molecule has 40 heavy (non-hydrogen) atoms. The molecule has 1 fully saturated rings. The summed E-state index contributed by atoms with van der Waals surface area (Å²) < 4.78 is 87.9. The van der Waals surface area contributed by atoms with Crippen molar-refractivity contribution in [3.63, 3.8) is 0 Å². The third-order valence-electron chi connectivity index (χ3n) is 7.38. The molecule has 0 saturated carbocycles. The number of hydrogen-bond donors (Lipinski definition) is 0. The third-order valence-corrected chi connectivity index (χ3v) is 7.38. The van der Waals surface area contributed by atoms with Crippen LogP contribution in [0.4, 0.5) is 22.0 Å². The lowest BCUT2D eigenvalue weighted by Gasteiger charge is -2.46. The van der Waals surface area contributed by atoms with Gasteiger partial charge in [0.25, 0.3) is 11.5 Å². The Balaban J connectivity index is 2.05. The van der Waals surface area contributed by atoms with Gasteiger partial charge in [0.2, 0.25) is 0 Å². The van der Waals surface area contributed by atoms with Crippen LogP contribution >= 0.6 is 0 Å². The number of halogens is 5. The summed E-state index contributed by atoms with van der Waals surface area (Å²) in [6.45, 7) is 0.911. The lowest BCUT2D eigenvalue weighted by atomic mass is 9.64. The van der Waals surface area contributed by atoms with E-state index >= 15 is 4.39 Å². The molecule has 0 N–H and O–H groups in total. The molecule has 1 amide bonds. The Hall–Kier alpha value is -3.72. The molecule has 0 radical (unpaired) electrons. The van der Waals surface area contributed by atoms with E-state index in [0.29, 0.717) is 0 Å². The number of esters is 1. The Kier molecular flexibility index (Phi) is 9.40. The van der Waals surface area contributed by atoms with E-state index in [9.17, 15) is 32.4 Å². The number of hydrogen-bond acceptors (Lipinski definition) is 6. The predicted molar refractivity (Wildman–Crippen MR) is 132 cm³/mol. The average Bonchev–Trinajstić information content (AvgIpc) is 2.92. The summed E-state index contributed by atoms with van der Waals surface area (Å²) >= 11 is 0. The first kappa shape index (κ1) is 30.8. The van der Waals surface area contributed by atoms with Crippen LogP contribution in [0.15, 0.2) is 42.5 Å². The number of ether oxygens (including phenoxy) is 3. The van der Waals surface area contributed by atoms with Crippen molar-refractivity contribution in [1.82, 2.24) is 4.90 Å². The molecule has 0 aliphatic carbocycles. The lowest BCUT2D eigenvalue weighted by Crippen LogP contribution is -2.59. The molecule has 1 unspecified atom stereocenters. The molecule has 1 aliphatic heterocycles. The summed E-state index contributed by atoms with van der Waals surface area (Å²) in [7, 11) is 1.99. The van der Waals surface area contributed by atoms with Crippen LogP contribution in [0.25, 0.3) is 0 Å². The van der Waals surface area contributed by atoms with E-state index < -0.39 is 64.2 Å². The second kappa shape index (κ2) is 12.2. The summed E-state index contributed by atoms with van der Waals surface area (Å²) in [5.41, 5.74) is -5.55. The highest BCUT2D eigenvalue weighted by atomic mass is 19.4. The number of methoxy groups -OCH3 is 2. The van der Waals surface area contributed by atoms with E-state index in [0.717, 1.165) is 36.3 Å². The average molecular weight is 569 g/mol. The quantitative estimate of drug-likeness (QED) is 0.304. The Morgan fingerprint density at radius 1 is 1.07 bits per heavy atom. The number of alkyl halides is 3. The minimum atomic E-state index is -5.13. The number of likely N-dealkylation sites (tertiary alicyclic amines) is 1. The van der Waals surface area contributed by atoms with Crippen LogP contribution in [-0.2, 0) is 24.7 Å². The third kappa shape index (κ3) is 5.47. The number of benzene rings is 2. The van der Waals surface area contributed by atoms with Gasteiger partial charge in [0, 0.05) is 31.2 Å². The molecule has 7 nitrogen and oxygen atoms in total. The van der Waals surface area contributed by atoms with Crippen LogP contribution in [0.3, 0.4) is 0 Å². The highest BCUT2D eigenvalue weighted by Crippen LogP contribution is 2.51. The maximum Gasteiger partial charge on any atom is 0.430 e. The first-order valence-corrected chi connectivity index (χ1v) is 12.5. The van der Waals surface area contributed by atoms with Crippen molar-refractivity contribution >= 4 is 11.9 Å². The summed E-state index contributed by atoms with van der Waals surface area (Å²) in [5, 5.41) is 10.2. The van der Waals surface area contributed by atoms with Gasteiger partial charge in [-0.25, -0.2) is 8.78 Å². The minimum Gasteiger partial charge on any atom is -0.496 e. The fraction of sp³-hybridized carbons (Fsp3) is 0.464. The number of amides is 1. The van der Waals surface area contributed by atoms with Crippen LogP contribution in [0, 0.1) is 28.4 Å². The zero-order valence-electron chi connectivity index (χ0n) is 22.2. The van der Waals surface area contributed by atoms with E-state index in [4.69, 9.17) is 14.2 Å². The van der Waals surface area contributed by atoms with Crippen LogP contribution in [0.1, 0.15) is 43.2 Å². The van der Waals surface area contributed by atoms with Crippen LogP contribution in [0.5, 0.6) is 5.75 Å². The Bertz CT molecular complexity index is 1260. The molecule has 2 atom stereocenters. The summed E-state index contributed by atoms with van der Waals surface area (Å²) in [5.74, 6) is -6.28. The van der Waals surface area contributed by atoms with Gasteiger partial charge >= 0.3 is 12.1 Å². The molecular formula is C28H29F5N2O5. The Labute approximate surface area is 228 Å². The molecule has 0 aromatic heterocycles. The van der Waals surface area contributed by atoms with E-state index in [2.05, 4.69) is 0 Å². The second-order valence-electron chi connectivity index (χ2n) is 9.42. The highest BCUT2D eigenvalue weighted by Gasteiger charge is 2.64. The van der Waals surface area contributed by atoms with Gasteiger partial charge < -0.3 is 19.1 Å². The number of carbonyl (C=O) groups excluding carboxylic acids is 2. The van der Waals surface area contributed by atoms with Gasteiger partial charge in [-0.1, -0.05) is 30.3 Å². The molecule has 1 saturated heterocycles. The van der Waals surface area contributed by atoms with Crippen molar-refractivity contribution in [2.24, 2.45) is 5.41 Å². The van der Waals surface area contributed by atoms with E-state index in [1.165, 1.54) is 25.3 Å². The maximum absolute atomic E-state index is 15.1. The zero-order valence-corrected chi connectivity index (χ0v) is 22.2. The molecule has 1 heterocycles. The largest absolute Gasteiger partial charge is 0.496 e. The van der Waals surface area contributed by atoms with Gasteiger partial charge in [-0.2, -0.15) is 18.4 Å². The SMILES string of the molecule is CCOC(=O)CC1(C(C#N)c2c(OC)ccc(F)c2F)CCN(C(=O)[C@](OC)(c2ccccc2)C(F)(F)F)CC1. The molecule has 2 aromatic rings.